The normalized spacial score (nSPS) is 11.5. The van der Waals surface area contributed by atoms with Crippen LogP contribution >= 0.6 is 34.4 Å². The zero-order valence-electron chi connectivity index (χ0n) is 15.4. The van der Waals surface area contributed by atoms with Crippen molar-refractivity contribution in [1.82, 2.24) is 19.2 Å². The summed E-state index contributed by atoms with van der Waals surface area (Å²) in [6.07, 6.45) is 0. The fourth-order valence-electron chi connectivity index (χ4n) is 3.20. The van der Waals surface area contributed by atoms with Crippen LogP contribution < -0.4 is 10.3 Å². The first kappa shape index (κ1) is 18.4. The van der Waals surface area contributed by atoms with Gasteiger partial charge in [0.25, 0.3) is 5.56 Å². The number of aromatic nitrogens is 4. The number of methoxy groups -OCH3 is 1. The molecule has 0 N–H and O–H groups in total. The summed E-state index contributed by atoms with van der Waals surface area (Å²) in [5.41, 5.74) is 1.97. The Balaban J connectivity index is 1.58. The van der Waals surface area contributed by atoms with Crippen LogP contribution in [0.5, 0.6) is 5.75 Å². The van der Waals surface area contributed by atoms with Crippen molar-refractivity contribution in [3.63, 3.8) is 0 Å². The largest absolute Gasteiger partial charge is 0.497 e. The number of benzene rings is 1. The van der Waals surface area contributed by atoms with Crippen molar-refractivity contribution in [2.75, 3.05) is 7.11 Å². The summed E-state index contributed by atoms with van der Waals surface area (Å²) in [5, 5.41) is 13.5. The van der Waals surface area contributed by atoms with Gasteiger partial charge < -0.3 is 4.74 Å². The fourth-order valence-corrected chi connectivity index (χ4v) is 5.60. The Kier molecular flexibility index (Phi) is 4.86. The molecule has 5 rings (SSSR count). The quantitative estimate of drug-likeness (QED) is 0.364. The van der Waals surface area contributed by atoms with Gasteiger partial charge in [0, 0.05) is 10.6 Å². The topological polar surface area (TPSA) is 61.4 Å². The molecular weight excluding hydrogens is 424 g/mol. The van der Waals surface area contributed by atoms with Gasteiger partial charge in [-0.1, -0.05) is 30.0 Å². The second-order valence-electron chi connectivity index (χ2n) is 6.36. The van der Waals surface area contributed by atoms with E-state index in [2.05, 4.69) is 16.3 Å². The zero-order valence-corrected chi connectivity index (χ0v) is 17.9. The number of nitrogens with zero attached hydrogens (tertiary/aromatic N) is 4. The van der Waals surface area contributed by atoms with Crippen LogP contribution in [0.1, 0.15) is 10.4 Å². The van der Waals surface area contributed by atoms with Gasteiger partial charge in [0.1, 0.15) is 10.4 Å². The molecule has 0 amide bonds. The monoisotopic (exact) mass is 440 g/mol. The number of hydrogen-bond acceptors (Lipinski definition) is 7. The van der Waals surface area contributed by atoms with Gasteiger partial charge in [-0.2, -0.15) is 0 Å². The molecule has 0 bridgehead atoms. The van der Waals surface area contributed by atoms with E-state index in [0.717, 1.165) is 37.3 Å². The lowest BCUT2D eigenvalue weighted by atomic mass is 10.2. The molecular formula is C20H16N4O2S3. The fraction of sp³-hybridized carbons (Fsp3) is 0.150. The summed E-state index contributed by atoms with van der Waals surface area (Å²) in [4.78, 5) is 14.2. The predicted octanol–water partition coefficient (Wildman–Crippen LogP) is 4.52. The first-order valence-corrected chi connectivity index (χ1v) is 11.6. The maximum atomic E-state index is 13.1. The average molecular weight is 441 g/mol. The molecule has 146 valence electrons. The van der Waals surface area contributed by atoms with E-state index in [1.165, 1.54) is 11.3 Å². The van der Waals surface area contributed by atoms with Crippen LogP contribution in [0.15, 0.2) is 63.2 Å². The summed E-state index contributed by atoms with van der Waals surface area (Å²) in [6, 6.07) is 14.0. The highest BCUT2D eigenvalue weighted by Gasteiger charge is 2.18. The van der Waals surface area contributed by atoms with Crippen LogP contribution in [-0.4, -0.2) is 26.3 Å². The molecule has 0 saturated heterocycles. The molecule has 1 aromatic carbocycles. The van der Waals surface area contributed by atoms with Crippen LogP contribution in [0.2, 0.25) is 0 Å². The maximum absolute atomic E-state index is 13.1. The van der Waals surface area contributed by atoms with E-state index in [9.17, 15) is 4.79 Å². The summed E-state index contributed by atoms with van der Waals surface area (Å²) in [5.74, 6) is 2.13. The van der Waals surface area contributed by atoms with E-state index in [0.29, 0.717) is 12.3 Å². The molecule has 4 heterocycles. The Morgan fingerprint density at radius 1 is 1.10 bits per heavy atom. The van der Waals surface area contributed by atoms with Crippen molar-refractivity contribution >= 4 is 50.4 Å². The van der Waals surface area contributed by atoms with Crippen molar-refractivity contribution < 1.29 is 4.74 Å². The summed E-state index contributed by atoms with van der Waals surface area (Å²) in [7, 11) is 1.67. The molecule has 4 aromatic heterocycles. The van der Waals surface area contributed by atoms with Crippen LogP contribution in [0.3, 0.4) is 0 Å². The minimum atomic E-state index is -0.0207. The third kappa shape index (κ3) is 3.35. The molecule has 5 aromatic rings. The Hall–Kier alpha value is -2.62. The lowest BCUT2D eigenvalue weighted by Crippen LogP contribution is -2.22. The minimum absolute atomic E-state index is 0.0207. The SMILES string of the molecule is COc1cccc(CSc2nnc3n(Cc4cccs4)c(=O)c4sccc4n23)c1. The van der Waals surface area contributed by atoms with Gasteiger partial charge in [0.05, 0.1) is 19.2 Å². The van der Waals surface area contributed by atoms with Crippen molar-refractivity contribution in [3.05, 3.63) is 74.0 Å². The summed E-state index contributed by atoms with van der Waals surface area (Å²) in [6.45, 7) is 0.493. The molecule has 0 spiro atoms. The van der Waals surface area contributed by atoms with Gasteiger partial charge >= 0.3 is 0 Å². The van der Waals surface area contributed by atoms with Gasteiger partial charge in [-0.15, -0.1) is 32.9 Å². The molecule has 29 heavy (non-hydrogen) atoms. The van der Waals surface area contributed by atoms with Gasteiger partial charge in [0.15, 0.2) is 5.16 Å². The highest BCUT2D eigenvalue weighted by Crippen LogP contribution is 2.27. The van der Waals surface area contributed by atoms with E-state index in [1.807, 2.05) is 51.6 Å². The number of fused-ring (bicyclic) bond motifs is 3. The molecule has 0 aliphatic rings. The number of thiophene rings is 2. The van der Waals surface area contributed by atoms with E-state index in [1.54, 1.807) is 34.8 Å². The molecule has 9 heteroatoms. The molecule has 6 nitrogen and oxygen atoms in total. The van der Waals surface area contributed by atoms with Crippen molar-refractivity contribution in [2.45, 2.75) is 17.5 Å². The van der Waals surface area contributed by atoms with E-state index in [-0.39, 0.29) is 5.56 Å². The first-order chi connectivity index (χ1) is 14.2. The highest BCUT2D eigenvalue weighted by atomic mass is 32.2. The predicted molar refractivity (Wildman–Crippen MR) is 119 cm³/mol. The Morgan fingerprint density at radius 2 is 2.03 bits per heavy atom. The molecule has 0 unspecified atom stereocenters. The Bertz CT molecular complexity index is 1350. The first-order valence-electron chi connectivity index (χ1n) is 8.88. The molecule has 0 fully saturated rings. The lowest BCUT2D eigenvalue weighted by Gasteiger charge is -2.08. The molecule has 0 aliphatic heterocycles. The molecule has 0 radical (unpaired) electrons. The summed E-state index contributed by atoms with van der Waals surface area (Å²) < 4.78 is 9.74. The van der Waals surface area contributed by atoms with E-state index >= 15 is 0 Å². The third-order valence-electron chi connectivity index (χ3n) is 4.58. The number of thioether (sulfide) groups is 1. The van der Waals surface area contributed by atoms with E-state index in [4.69, 9.17) is 4.74 Å². The second kappa shape index (κ2) is 7.66. The number of rotatable bonds is 6. The molecule has 0 saturated carbocycles. The van der Waals surface area contributed by atoms with Crippen molar-refractivity contribution in [1.29, 1.82) is 0 Å². The number of ether oxygens (including phenoxy) is 1. The number of hydrogen-bond donors (Lipinski definition) is 0. The van der Waals surface area contributed by atoms with Gasteiger partial charge in [-0.05, 0) is 40.6 Å². The van der Waals surface area contributed by atoms with Gasteiger partial charge in [-0.25, -0.2) is 0 Å². The van der Waals surface area contributed by atoms with Crippen molar-refractivity contribution in [3.8, 4) is 5.75 Å². The van der Waals surface area contributed by atoms with E-state index < -0.39 is 0 Å². The van der Waals surface area contributed by atoms with Crippen LogP contribution in [0.4, 0.5) is 0 Å². The van der Waals surface area contributed by atoms with Crippen LogP contribution in [0.25, 0.3) is 16.0 Å². The van der Waals surface area contributed by atoms with Crippen molar-refractivity contribution in [2.24, 2.45) is 0 Å². The molecule has 0 aliphatic carbocycles. The van der Waals surface area contributed by atoms with Gasteiger partial charge in [-0.3, -0.25) is 13.8 Å². The average Bonchev–Trinajstić information content (AvgIpc) is 3.50. The molecule has 0 atom stereocenters. The Labute approximate surface area is 178 Å². The standard InChI is InChI=1S/C20H16N4O2S3/c1-26-14-5-2-4-13(10-14)12-29-20-22-21-19-23(11-15-6-3-8-27-15)18(25)17-16(24(19)20)7-9-28-17/h2-10H,11-12H2,1H3. The maximum Gasteiger partial charge on any atom is 0.273 e. The smallest absolute Gasteiger partial charge is 0.273 e. The highest BCUT2D eigenvalue weighted by molar-refractivity contribution is 7.98. The van der Waals surface area contributed by atoms with Gasteiger partial charge in [0.2, 0.25) is 5.78 Å². The minimum Gasteiger partial charge on any atom is -0.497 e. The lowest BCUT2D eigenvalue weighted by molar-refractivity contribution is 0.414. The second-order valence-corrected chi connectivity index (χ2v) is 9.25. The van der Waals surface area contributed by atoms with Crippen LogP contribution in [-0.2, 0) is 12.3 Å². The zero-order chi connectivity index (χ0) is 19.8. The van der Waals surface area contributed by atoms with Crippen LogP contribution in [0, 0.1) is 0 Å². The Morgan fingerprint density at radius 3 is 2.86 bits per heavy atom. The third-order valence-corrected chi connectivity index (χ3v) is 7.33. The summed E-state index contributed by atoms with van der Waals surface area (Å²) >= 11 is 4.68.